The zero-order chi connectivity index (χ0) is 9.26. The van der Waals surface area contributed by atoms with E-state index in [-0.39, 0.29) is 0 Å². The van der Waals surface area contributed by atoms with Crippen molar-refractivity contribution < 1.29 is 4.74 Å². The molecule has 0 spiro atoms. The Hall–Kier alpha value is -1.02. The van der Waals surface area contributed by atoms with Gasteiger partial charge in [0.2, 0.25) is 0 Å². The van der Waals surface area contributed by atoms with E-state index in [9.17, 15) is 0 Å². The predicted octanol–water partition coefficient (Wildman–Crippen LogP) is 2.04. The number of ether oxygens (including phenoxy) is 1. The molecular weight excluding hydrogens is 162 g/mol. The molecule has 0 amide bonds. The highest BCUT2D eigenvalue weighted by atomic mass is 16.5. The Morgan fingerprint density at radius 2 is 2.31 bits per heavy atom. The van der Waals surface area contributed by atoms with Crippen LogP contribution in [0.5, 0.6) is 5.75 Å². The zero-order valence-corrected chi connectivity index (χ0v) is 8.13. The van der Waals surface area contributed by atoms with Crippen LogP contribution in [0.15, 0.2) is 18.2 Å². The lowest BCUT2D eigenvalue weighted by atomic mass is 10.0. The summed E-state index contributed by atoms with van der Waals surface area (Å²) in [6, 6.07) is 6.75. The Bertz CT molecular complexity index is 309. The maximum Gasteiger partial charge on any atom is 0.124 e. The highest BCUT2D eigenvalue weighted by molar-refractivity contribution is 5.39. The molecule has 1 unspecified atom stereocenters. The first-order valence-electron chi connectivity index (χ1n) is 4.74. The van der Waals surface area contributed by atoms with E-state index >= 15 is 0 Å². The van der Waals surface area contributed by atoms with Crippen LogP contribution < -0.4 is 10.1 Å². The van der Waals surface area contributed by atoms with E-state index in [4.69, 9.17) is 4.74 Å². The second-order valence-electron chi connectivity index (χ2n) is 3.57. The summed E-state index contributed by atoms with van der Waals surface area (Å²) in [6.45, 7) is 5.97. The van der Waals surface area contributed by atoms with Crippen molar-refractivity contribution in [2.24, 2.45) is 0 Å². The molecule has 1 aromatic carbocycles. The Morgan fingerprint density at radius 3 is 3.15 bits per heavy atom. The number of fused-ring (bicyclic) bond motifs is 1. The van der Waals surface area contributed by atoms with E-state index in [1.165, 1.54) is 11.1 Å². The minimum atomic E-state index is 0.400. The maximum atomic E-state index is 5.61. The molecule has 0 bridgehead atoms. The van der Waals surface area contributed by atoms with Crippen molar-refractivity contribution in [3.05, 3.63) is 29.3 Å². The van der Waals surface area contributed by atoms with Gasteiger partial charge in [0.15, 0.2) is 0 Å². The average Bonchev–Trinajstić information content (AvgIpc) is 2.29. The van der Waals surface area contributed by atoms with E-state index in [1.54, 1.807) is 0 Å². The molecule has 1 atom stereocenters. The van der Waals surface area contributed by atoms with Crippen molar-refractivity contribution in [2.45, 2.75) is 19.9 Å². The van der Waals surface area contributed by atoms with Crippen molar-refractivity contribution in [1.29, 1.82) is 0 Å². The monoisotopic (exact) mass is 177 g/mol. The third kappa shape index (κ3) is 1.68. The van der Waals surface area contributed by atoms with Gasteiger partial charge in [-0.3, -0.25) is 0 Å². The van der Waals surface area contributed by atoms with Gasteiger partial charge in [-0.1, -0.05) is 17.7 Å². The SMILES string of the molecule is Cc1ccc2c(c1)C(C)NCCO2. The lowest BCUT2D eigenvalue weighted by Crippen LogP contribution is -2.20. The van der Waals surface area contributed by atoms with Gasteiger partial charge < -0.3 is 10.1 Å². The minimum absolute atomic E-state index is 0.400. The fourth-order valence-electron chi connectivity index (χ4n) is 1.68. The van der Waals surface area contributed by atoms with Crippen LogP contribution in [0.1, 0.15) is 24.1 Å². The summed E-state index contributed by atoms with van der Waals surface area (Å²) in [5, 5.41) is 3.40. The highest BCUT2D eigenvalue weighted by Crippen LogP contribution is 2.27. The molecular formula is C11H15NO. The average molecular weight is 177 g/mol. The van der Waals surface area contributed by atoms with Gasteiger partial charge in [0.25, 0.3) is 0 Å². The van der Waals surface area contributed by atoms with E-state index in [2.05, 4.69) is 37.4 Å². The first-order chi connectivity index (χ1) is 6.27. The first kappa shape index (κ1) is 8.57. The predicted molar refractivity (Wildman–Crippen MR) is 53.1 cm³/mol. The molecule has 1 heterocycles. The second-order valence-corrected chi connectivity index (χ2v) is 3.57. The fraction of sp³-hybridized carbons (Fsp3) is 0.455. The molecule has 0 saturated carbocycles. The molecule has 13 heavy (non-hydrogen) atoms. The number of nitrogens with one attached hydrogen (secondary N) is 1. The highest BCUT2D eigenvalue weighted by Gasteiger charge is 2.14. The summed E-state index contributed by atoms with van der Waals surface area (Å²) in [4.78, 5) is 0. The molecule has 2 heteroatoms. The second kappa shape index (κ2) is 3.38. The van der Waals surface area contributed by atoms with Gasteiger partial charge in [0.05, 0.1) is 0 Å². The smallest absolute Gasteiger partial charge is 0.124 e. The quantitative estimate of drug-likeness (QED) is 0.654. The van der Waals surface area contributed by atoms with Crippen molar-refractivity contribution in [2.75, 3.05) is 13.2 Å². The lowest BCUT2D eigenvalue weighted by Gasteiger charge is -2.12. The van der Waals surface area contributed by atoms with Crippen LogP contribution in [-0.2, 0) is 0 Å². The van der Waals surface area contributed by atoms with Crippen LogP contribution in [0.25, 0.3) is 0 Å². The van der Waals surface area contributed by atoms with Crippen LogP contribution in [0.2, 0.25) is 0 Å². The molecule has 2 rings (SSSR count). The molecule has 0 radical (unpaired) electrons. The topological polar surface area (TPSA) is 21.3 Å². The number of hydrogen-bond donors (Lipinski definition) is 1. The molecule has 2 nitrogen and oxygen atoms in total. The minimum Gasteiger partial charge on any atom is -0.492 e. The van der Waals surface area contributed by atoms with Crippen LogP contribution >= 0.6 is 0 Å². The Kier molecular flexibility index (Phi) is 2.23. The molecule has 1 aliphatic rings. The third-order valence-electron chi connectivity index (χ3n) is 2.44. The molecule has 0 fully saturated rings. The number of hydrogen-bond acceptors (Lipinski definition) is 2. The van der Waals surface area contributed by atoms with Crippen molar-refractivity contribution in [3.63, 3.8) is 0 Å². The van der Waals surface area contributed by atoms with Crippen molar-refractivity contribution in [1.82, 2.24) is 5.32 Å². The number of aryl methyl sites for hydroxylation is 1. The van der Waals surface area contributed by atoms with Crippen molar-refractivity contribution in [3.8, 4) is 5.75 Å². The third-order valence-corrected chi connectivity index (χ3v) is 2.44. The van der Waals surface area contributed by atoms with Gasteiger partial charge in [-0.05, 0) is 19.9 Å². The van der Waals surface area contributed by atoms with E-state index in [0.29, 0.717) is 6.04 Å². The van der Waals surface area contributed by atoms with Gasteiger partial charge in [0.1, 0.15) is 12.4 Å². The standard InChI is InChI=1S/C11H15NO/c1-8-3-4-11-10(7-8)9(2)12-5-6-13-11/h3-4,7,9,12H,5-6H2,1-2H3. The van der Waals surface area contributed by atoms with Crippen molar-refractivity contribution >= 4 is 0 Å². The maximum absolute atomic E-state index is 5.61. The molecule has 0 aromatic heterocycles. The Labute approximate surface area is 78.9 Å². The molecule has 70 valence electrons. The largest absolute Gasteiger partial charge is 0.492 e. The number of benzene rings is 1. The first-order valence-corrected chi connectivity index (χ1v) is 4.74. The van der Waals surface area contributed by atoms with Crippen LogP contribution in [-0.4, -0.2) is 13.2 Å². The molecule has 1 aromatic rings. The van der Waals surface area contributed by atoms with Gasteiger partial charge >= 0.3 is 0 Å². The Balaban J connectivity index is 2.43. The zero-order valence-electron chi connectivity index (χ0n) is 8.13. The van der Waals surface area contributed by atoms with Gasteiger partial charge in [-0.15, -0.1) is 0 Å². The van der Waals surface area contributed by atoms with Gasteiger partial charge in [-0.25, -0.2) is 0 Å². The Morgan fingerprint density at radius 1 is 1.46 bits per heavy atom. The lowest BCUT2D eigenvalue weighted by molar-refractivity contribution is 0.324. The summed E-state index contributed by atoms with van der Waals surface area (Å²) in [6.07, 6.45) is 0. The molecule has 1 N–H and O–H groups in total. The summed E-state index contributed by atoms with van der Waals surface area (Å²) < 4.78 is 5.61. The molecule has 0 saturated heterocycles. The van der Waals surface area contributed by atoms with Gasteiger partial charge in [0, 0.05) is 18.2 Å². The van der Waals surface area contributed by atoms with Crippen LogP contribution in [0, 0.1) is 6.92 Å². The van der Waals surface area contributed by atoms with E-state index < -0.39 is 0 Å². The number of rotatable bonds is 0. The van der Waals surface area contributed by atoms with Crippen LogP contribution in [0.3, 0.4) is 0 Å². The normalized spacial score (nSPS) is 21.5. The summed E-state index contributed by atoms with van der Waals surface area (Å²) in [7, 11) is 0. The fourth-order valence-corrected chi connectivity index (χ4v) is 1.68. The van der Waals surface area contributed by atoms with E-state index in [0.717, 1.165) is 18.9 Å². The molecule has 1 aliphatic heterocycles. The van der Waals surface area contributed by atoms with Gasteiger partial charge in [-0.2, -0.15) is 0 Å². The summed E-state index contributed by atoms with van der Waals surface area (Å²) in [5.41, 5.74) is 2.57. The summed E-state index contributed by atoms with van der Waals surface area (Å²) in [5.74, 6) is 1.03. The summed E-state index contributed by atoms with van der Waals surface area (Å²) >= 11 is 0. The van der Waals surface area contributed by atoms with Crippen LogP contribution in [0.4, 0.5) is 0 Å². The van der Waals surface area contributed by atoms with E-state index in [1.807, 2.05) is 0 Å². The molecule has 0 aliphatic carbocycles.